The molecule has 5 heteroatoms. The van der Waals surface area contributed by atoms with Crippen molar-refractivity contribution in [2.75, 3.05) is 25.0 Å². The van der Waals surface area contributed by atoms with E-state index in [0.29, 0.717) is 22.9 Å². The second kappa shape index (κ2) is 6.59. The first-order valence-electron chi connectivity index (χ1n) is 8.61. The fourth-order valence-electron chi connectivity index (χ4n) is 3.54. The highest BCUT2D eigenvalue weighted by atomic mass is 16.5. The number of likely N-dealkylation sites (tertiary alicyclic amines) is 1. The third kappa shape index (κ3) is 3.22. The maximum absolute atomic E-state index is 12.8. The maximum Gasteiger partial charge on any atom is 0.262 e. The largest absolute Gasteiger partial charge is 0.482 e. The van der Waals surface area contributed by atoms with Crippen molar-refractivity contribution in [1.82, 2.24) is 4.90 Å². The van der Waals surface area contributed by atoms with E-state index in [1.807, 2.05) is 11.0 Å². The van der Waals surface area contributed by atoms with Crippen LogP contribution in [-0.2, 0) is 4.79 Å². The number of nitrogens with zero attached hydrogens (tertiary/aromatic N) is 1. The number of carbonyl (C=O) groups excluding carboxylic acids is 2. The van der Waals surface area contributed by atoms with Crippen LogP contribution in [0.15, 0.2) is 48.5 Å². The topological polar surface area (TPSA) is 58.6 Å². The van der Waals surface area contributed by atoms with Gasteiger partial charge in [-0.05, 0) is 42.5 Å². The number of rotatable bonds is 2. The molecule has 1 fully saturated rings. The molecule has 0 bridgehead atoms. The summed E-state index contributed by atoms with van der Waals surface area (Å²) in [5.74, 6) is 0.940. The van der Waals surface area contributed by atoms with Gasteiger partial charge in [0.15, 0.2) is 6.61 Å². The monoisotopic (exact) mass is 336 g/mol. The lowest BCUT2D eigenvalue weighted by Gasteiger charge is -2.32. The summed E-state index contributed by atoms with van der Waals surface area (Å²) in [4.78, 5) is 26.1. The highest BCUT2D eigenvalue weighted by Gasteiger charge is 2.25. The average molecular weight is 336 g/mol. The Labute approximate surface area is 146 Å². The molecular weight excluding hydrogens is 316 g/mol. The van der Waals surface area contributed by atoms with Gasteiger partial charge in [-0.3, -0.25) is 9.59 Å². The van der Waals surface area contributed by atoms with Crippen molar-refractivity contribution in [3.05, 3.63) is 59.7 Å². The lowest BCUT2D eigenvalue weighted by atomic mass is 9.89. The fourth-order valence-corrected chi connectivity index (χ4v) is 3.54. The molecule has 0 spiro atoms. The highest BCUT2D eigenvalue weighted by molar-refractivity contribution is 5.99. The van der Waals surface area contributed by atoms with Gasteiger partial charge < -0.3 is 15.0 Å². The third-order valence-corrected chi connectivity index (χ3v) is 4.91. The van der Waals surface area contributed by atoms with Gasteiger partial charge >= 0.3 is 0 Å². The van der Waals surface area contributed by atoms with Gasteiger partial charge in [-0.25, -0.2) is 0 Å². The molecular formula is C20H20N2O3. The summed E-state index contributed by atoms with van der Waals surface area (Å²) in [5.41, 5.74) is 2.51. The van der Waals surface area contributed by atoms with Crippen LogP contribution in [0, 0.1) is 0 Å². The average Bonchev–Trinajstić information content (AvgIpc) is 2.67. The van der Waals surface area contributed by atoms with Gasteiger partial charge in [0.05, 0.1) is 5.69 Å². The van der Waals surface area contributed by atoms with Gasteiger partial charge in [0.25, 0.3) is 11.8 Å². The molecule has 1 N–H and O–H groups in total. The predicted molar refractivity (Wildman–Crippen MR) is 94.9 cm³/mol. The molecule has 0 saturated carbocycles. The molecule has 2 aliphatic heterocycles. The summed E-state index contributed by atoms with van der Waals surface area (Å²) in [6, 6.07) is 15.7. The van der Waals surface area contributed by atoms with E-state index in [1.54, 1.807) is 18.2 Å². The van der Waals surface area contributed by atoms with Crippen molar-refractivity contribution < 1.29 is 14.3 Å². The van der Waals surface area contributed by atoms with Crippen molar-refractivity contribution in [1.29, 1.82) is 0 Å². The Morgan fingerprint density at radius 1 is 1.08 bits per heavy atom. The van der Waals surface area contributed by atoms with E-state index in [0.717, 1.165) is 25.9 Å². The summed E-state index contributed by atoms with van der Waals surface area (Å²) in [6.45, 7) is 1.52. The SMILES string of the molecule is O=C1COc2ccc(C(=O)N3CCC(c4ccccc4)CC3)cc2N1. The van der Waals surface area contributed by atoms with Gasteiger partial charge in [0.2, 0.25) is 0 Å². The molecule has 4 rings (SSSR count). The first-order valence-corrected chi connectivity index (χ1v) is 8.61. The minimum Gasteiger partial charge on any atom is -0.482 e. The third-order valence-electron chi connectivity index (χ3n) is 4.91. The fraction of sp³-hybridized carbons (Fsp3) is 0.300. The van der Waals surface area contributed by atoms with E-state index in [4.69, 9.17) is 4.74 Å². The minimum absolute atomic E-state index is 0.00846. The number of piperidine rings is 1. The predicted octanol–water partition coefficient (Wildman–Crippen LogP) is 3.04. The molecule has 25 heavy (non-hydrogen) atoms. The number of hydrogen-bond donors (Lipinski definition) is 1. The van der Waals surface area contributed by atoms with Gasteiger partial charge in [-0.1, -0.05) is 30.3 Å². The first-order chi connectivity index (χ1) is 12.2. The highest BCUT2D eigenvalue weighted by Crippen LogP contribution is 2.31. The lowest BCUT2D eigenvalue weighted by molar-refractivity contribution is -0.118. The van der Waals surface area contributed by atoms with E-state index >= 15 is 0 Å². The lowest BCUT2D eigenvalue weighted by Crippen LogP contribution is -2.38. The van der Waals surface area contributed by atoms with Crippen LogP contribution >= 0.6 is 0 Å². The van der Waals surface area contributed by atoms with Crippen LogP contribution in [0.4, 0.5) is 5.69 Å². The number of carbonyl (C=O) groups is 2. The van der Waals surface area contributed by atoms with Crippen LogP contribution in [-0.4, -0.2) is 36.4 Å². The molecule has 1 saturated heterocycles. The molecule has 5 nitrogen and oxygen atoms in total. The van der Waals surface area contributed by atoms with Gasteiger partial charge in [0, 0.05) is 18.7 Å². The van der Waals surface area contributed by atoms with E-state index in [2.05, 4.69) is 29.6 Å². The molecule has 2 aliphatic rings. The Morgan fingerprint density at radius 3 is 2.60 bits per heavy atom. The van der Waals surface area contributed by atoms with Crippen LogP contribution in [0.5, 0.6) is 5.75 Å². The van der Waals surface area contributed by atoms with Gasteiger partial charge in [-0.2, -0.15) is 0 Å². The molecule has 0 unspecified atom stereocenters. The van der Waals surface area contributed by atoms with Crippen LogP contribution < -0.4 is 10.1 Å². The normalized spacial score (nSPS) is 17.4. The number of benzene rings is 2. The molecule has 2 aromatic carbocycles. The molecule has 0 aromatic heterocycles. The van der Waals surface area contributed by atoms with E-state index in [9.17, 15) is 9.59 Å². The second-order valence-electron chi connectivity index (χ2n) is 6.52. The molecule has 2 amide bonds. The molecule has 0 aliphatic carbocycles. The van der Waals surface area contributed by atoms with Gasteiger partial charge in [0.1, 0.15) is 5.75 Å². The van der Waals surface area contributed by atoms with Crippen molar-refractivity contribution in [3.63, 3.8) is 0 Å². The van der Waals surface area contributed by atoms with Crippen molar-refractivity contribution >= 4 is 17.5 Å². The summed E-state index contributed by atoms with van der Waals surface area (Å²) < 4.78 is 5.34. The second-order valence-corrected chi connectivity index (χ2v) is 6.52. The first kappa shape index (κ1) is 15.7. The Kier molecular flexibility index (Phi) is 4.14. The van der Waals surface area contributed by atoms with Crippen molar-refractivity contribution in [3.8, 4) is 5.75 Å². The van der Waals surface area contributed by atoms with Crippen LogP contribution in [0.25, 0.3) is 0 Å². The van der Waals surface area contributed by atoms with Crippen LogP contribution in [0.2, 0.25) is 0 Å². The zero-order valence-corrected chi connectivity index (χ0v) is 13.9. The van der Waals surface area contributed by atoms with Crippen LogP contribution in [0.3, 0.4) is 0 Å². The quantitative estimate of drug-likeness (QED) is 0.917. The molecule has 2 heterocycles. The number of nitrogens with one attached hydrogen (secondary N) is 1. The Bertz CT molecular complexity index is 796. The van der Waals surface area contributed by atoms with Gasteiger partial charge in [-0.15, -0.1) is 0 Å². The summed E-state index contributed by atoms with van der Waals surface area (Å²) in [6.07, 6.45) is 1.95. The summed E-state index contributed by atoms with van der Waals surface area (Å²) in [5, 5.41) is 2.75. The number of fused-ring (bicyclic) bond motifs is 1. The number of amides is 2. The molecule has 2 aromatic rings. The van der Waals surface area contributed by atoms with E-state index in [-0.39, 0.29) is 18.4 Å². The Balaban J connectivity index is 1.44. The molecule has 0 radical (unpaired) electrons. The Morgan fingerprint density at radius 2 is 1.84 bits per heavy atom. The smallest absolute Gasteiger partial charge is 0.262 e. The number of hydrogen-bond acceptors (Lipinski definition) is 3. The standard InChI is InChI=1S/C20H20N2O3/c23-19-13-25-18-7-6-16(12-17(18)21-19)20(24)22-10-8-15(9-11-22)14-4-2-1-3-5-14/h1-7,12,15H,8-11,13H2,(H,21,23). The maximum atomic E-state index is 12.8. The molecule has 128 valence electrons. The summed E-state index contributed by atoms with van der Waals surface area (Å²) >= 11 is 0. The number of anilines is 1. The van der Waals surface area contributed by atoms with Crippen molar-refractivity contribution in [2.24, 2.45) is 0 Å². The minimum atomic E-state index is -0.194. The van der Waals surface area contributed by atoms with Crippen molar-refractivity contribution in [2.45, 2.75) is 18.8 Å². The zero-order valence-electron chi connectivity index (χ0n) is 13.9. The Hall–Kier alpha value is -2.82. The van der Waals surface area contributed by atoms with Crippen LogP contribution in [0.1, 0.15) is 34.7 Å². The summed E-state index contributed by atoms with van der Waals surface area (Å²) in [7, 11) is 0. The van der Waals surface area contributed by atoms with E-state index < -0.39 is 0 Å². The zero-order chi connectivity index (χ0) is 17.2. The van der Waals surface area contributed by atoms with E-state index in [1.165, 1.54) is 5.56 Å². The molecule has 0 atom stereocenters. The number of ether oxygens (including phenoxy) is 1.